The molecule has 0 amide bonds. The molecule has 0 bridgehead atoms. The summed E-state index contributed by atoms with van der Waals surface area (Å²) in [5.41, 5.74) is 3.90. The van der Waals surface area contributed by atoms with Gasteiger partial charge < -0.3 is 13.9 Å². The molecule has 0 atom stereocenters. The summed E-state index contributed by atoms with van der Waals surface area (Å²) in [5, 5.41) is 1.07. The van der Waals surface area contributed by atoms with Gasteiger partial charge in [0.1, 0.15) is 17.9 Å². The van der Waals surface area contributed by atoms with Gasteiger partial charge in [0.25, 0.3) is 0 Å². The van der Waals surface area contributed by atoms with Gasteiger partial charge in [-0.2, -0.15) is 0 Å². The zero-order valence-electron chi connectivity index (χ0n) is 17.0. The molecule has 1 heterocycles. The van der Waals surface area contributed by atoms with Crippen molar-refractivity contribution in [1.82, 2.24) is 0 Å². The van der Waals surface area contributed by atoms with Crippen LogP contribution in [0.1, 0.15) is 16.7 Å². The molecule has 0 fully saturated rings. The molecule has 4 nitrogen and oxygen atoms in total. The van der Waals surface area contributed by atoms with Crippen LogP contribution in [0, 0.1) is 13.8 Å². The van der Waals surface area contributed by atoms with E-state index in [4.69, 9.17) is 25.5 Å². The molecular weight excluding hydrogens is 400 g/mol. The summed E-state index contributed by atoms with van der Waals surface area (Å²) in [6.07, 6.45) is 0. The monoisotopic (exact) mass is 420 g/mol. The first-order valence-corrected chi connectivity index (χ1v) is 9.94. The minimum absolute atomic E-state index is 0.157. The minimum atomic E-state index is -0.211. The normalized spacial score (nSPS) is 10.9. The lowest BCUT2D eigenvalue weighted by Crippen LogP contribution is -2.11. The summed E-state index contributed by atoms with van der Waals surface area (Å²) in [4.78, 5) is 13.4. The van der Waals surface area contributed by atoms with Crippen LogP contribution in [-0.4, -0.2) is 7.11 Å². The lowest BCUT2D eigenvalue weighted by Gasteiger charge is -2.13. The Balaban J connectivity index is 1.88. The molecule has 0 aliphatic carbocycles. The van der Waals surface area contributed by atoms with Gasteiger partial charge in [-0.05, 0) is 67.4 Å². The zero-order chi connectivity index (χ0) is 21.3. The van der Waals surface area contributed by atoms with Crippen LogP contribution in [0.25, 0.3) is 22.3 Å². The Hall–Kier alpha value is -3.24. The van der Waals surface area contributed by atoms with Gasteiger partial charge in [0.2, 0.25) is 11.2 Å². The maximum absolute atomic E-state index is 13.4. The van der Waals surface area contributed by atoms with E-state index in [9.17, 15) is 4.79 Å². The molecule has 30 heavy (non-hydrogen) atoms. The standard InChI is InChI=1S/C25H21ClO4/c1-15-12-20-22(13-16(15)2)30-24(17-8-10-19(28-3)11-9-17)25(23(20)27)29-14-18-6-4-5-7-21(18)26/h4-13H,14H2,1-3H3. The van der Waals surface area contributed by atoms with Gasteiger partial charge in [0.05, 0.1) is 12.5 Å². The Bertz CT molecular complexity index is 1270. The predicted octanol–water partition coefficient (Wildman–Crippen LogP) is 6.32. The van der Waals surface area contributed by atoms with E-state index in [1.165, 1.54) is 0 Å². The topological polar surface area (TPSA) is 48.7 Å². The fourth-order valence-corrected chi connectivity index (χ4v) is 3.45. The summed E-state index contributed by atoms with van der Waals surface area (Å²) < 4.78 is 17.4. The summed E-state index contributed by atoms with van der Waals surface area (Å²) in [6.45, 7) is 4.11. The molecule has 0 spiro atoms. The Morgan fingerprint density at radius 2 is 1.67 bits per heavy atom. The first-order valence-electron chi connectivity index (χ1n) is 9.56. The van der Waals surface area contributed by atoms with Crippen LogP contribution >= 0.6 is 11.6 Å². The fourth-order valence-electron chi connectivity index (χ4n) is 3.26. The van der Waals surface area contributed by atoms with Crippen molar-refractivity contribution >= 4 is 22.6 Å². The van der Waals surface area contributed by atoms with Gasteiger partial charge in [-0.3, -0.25) is 4.79 Å². The van der Waals surface area contributed by atoms with Gasteiger partial charge >= 0.3 is 0 Å². The average molecular weight is 421 g/mol. The Kier molecular flexibility index (Phi) is 5.51. The quantitative estimate of drug-likeness (QED) is 0.379. The van der Waals surface area contributed by atoms with Crippen molar-refractivity contribution in [2.45, 2.75) is 20.5 Å². The average Bonchev–Trinajstić information content (AvgIpc) is 2.75. The number of rotatable bonds is 5. The van der Waals surface area contributed by atoms with Crippen molar-refractivity contribution in [3.8, 4) is 22.8 Å². The molecule has 152 valence electrons. The van der Waals surface area contributed by atoms with Crippen LogP contribution in [0.4, 0.5) is 0 Å². The van der Waals surface area contributed by atoms with Crippen molar-refractivity contribution in [1.29, 1.82) is 0 Å². The van der Waals surface area contributed by atoms with Crippen LogP contribution in [0.2, 0.25) is 5.02 Å². The summed E-state index contributed by atoms with van der Waals surface area (Å²) in [7, 11) is 1.61. The molecule has 0 saturated heterocycles. The van der Waals surface area contributed by atoms with Crippen molar-refractivity contribution < 1.29 is 13.9 Å². The molecule has 4 rings (SSSR count). The Morgan fingerprint density at radius 3 is 2.37 bits per heavy atom. The Labute approximate surface area is 179 Å². The highest BCUT2D eigenvalue weighted by Gasteiger charge is 2.19. The highest BCUT2D eigenvalue weighted by molar-refractivity contribution is 6.31. The maximum Gasteiger partial charge on any atom is 0.235 e. The largest absolute Gasteiger partial charge is 0.497 e. The van der Waals surface area contributed by atoms with Crippen molar-refractivity contribution in [3.63, 3.8) is 0 Å². The van der Waals surface area contributed by atoms with E-state index in [2.05, 4.69) is 0 Å². The second-order valence-corrected chi connectivity index (χ2v) is 7.54. The maximum atomic E-state index is 13.4. The molecular formula is C25H21ClO4. The van der Waals surface area contributed by atoms with Crippen molar-refractivity contribution in [3.05, 3.63) is 92.6 Å². The van der Waals surface area contributed by atoms with Gasteiger partial charge in [-0.1, -0.05) is 29.8 Å². The van der Waals surface area contributed by atoms with Gasteiger partial charge in [0, 0.05) is 16.1 Å². The molecule has 4 aromatic rings. The van der Waals surface area contributed by atoms with Gasteiger partial charge in [-0.15, -0.1) is 0 Å². The summed E-state index contributed by atoms with van der Waals surface area (Å²) >= 11 is 6.26. The third-order valence-corrected chi connectivity index (χ3v) is 5.52. The number of hydrogen-bond donors (Lipinski definition) is 0. The third-order valence-electron chi connectivity index (χ3n) is 5.15. The van der Waals surface area contributed by atoms with Crippen LogP contribution in [0.15, 0.2) is 69.9 Å². The molecule has 3 aromatic carbocycles. The second-order valence-electron chi connectivity index (χ2n) is 7.13. The van der Waals surface area contributed by atoms with E-state index in [1.807, 2.05) is 68.4 Å². The van der Waals surface area contributed by atoms with Crippen molar-refractivity contribution in [2.24, 2.45) is 0 Å². The van der Waals surface area contributed by atoms with Crippen LogP contribution in [0.5, 0.6) is 11.5 Å². The number of hydrogen-bond acceptors (Lipinski definition) is 4. The zero-order valence-corrected chi connectivity index (χ0v) is 17.7. The van der Waals surface area contributed by atoms with Crippen LogP contribution < -0.4 is 14.9 Å². The number of aryl methyl sites for hydroxylation is 2. The highest BCUT2D eigenvalue weighted by Crippen LogP contribution is 2.33. The number of methoxy groups -OCH3 is 1. The van der Waals surface area contributed by atoms with E-state index in [0.717, 1.165) is 22.3 Å². The SMILES string of the molecule is COc1ccc(-c2oc3cc(C)c(C)cc3c(=O)c2OCc2ccccc2Cl)cc1. The lowest BCUT2D eigenvalue weighted by atomic mass is 10.0. The number of benzene rings is 3. The van der Waals surface area contributed by atoms with Gasteiger partial charge in [-0.25, -0.2) is 0 Å². The first kappa shape index (κ1) is 20.0. The molecule has 5 heteroatoms. The molecule has 0 aliphatic heterocycles. The van der Waals surface area contributed by atoms with E-state index < -0.39 is 0 Å². The van der Waals surface area contributed by atoms with Crippen LogP contribution in [0.3, 0.4) is 0 Å². The summed E-state index contributed by atoms with van der Waals surface area (Å²) in [6, 6.07) is 18.4. The van der Waals surface area contributed by atoms with E-state index in [0.29, 0.717) is 27.5 Å². The van der Waals surface area contributed by atoms with E-state index in [-0.39, 0.29) is 17.8 Å². The molecule has 0 N–H and O–H groups in total. The molecule has 0 saturated carbocycles. The molecule has 0 radical (unpaired) electrons. The Morgan fingerprint density at radius 1 is 0.967 bits per heavy atom. The fraction of sp³-hybridized carbons (Fsp3) is 0.160. The lowest BCUT2D eigenvalue weighted by molar-refractivity contribution is 0.298. The smallest absolute Gasteiger partial charge is 0.235 e. The highest BCUT2D eigenvalue weighted by atomic mass is 35.5. The molecule has 0 unspecified atom stereocenters. The van der Waals surface area contributed by atoms with Crippen molar-refractivity contribution in [2.75, 3.05) is 7.11 Å². The van der Waals surface area contributed by atoms with E-state index in [1.54, 1.807) is 13.2 Å². The molecule has 1 aromatic heterocycles. The number of ether oxygens (including phenoxy) is 2. The predicted molar refractivity (Wildman–Crippen MR) is 120 cm³/mol. The first-order chi connectivity index (χ1) is 14.5. The van der Waals surface area contributed by atoms with Gasteiger partial charge in [0.15, 0.2) is 5.76 Å². The van der Waals surface area contributed by atoms with E-state index >= 15 is 0 Å². The van der Waals surface area contributed by atoms with Crippen LogP contribution in [-0.2, 0) is 6.61 Å². The number of fused-ring (bicyclic) bond motifs is 1. The summed E-state index contributed by atoms with van der Waals surface area (Å²) in [5.74, 6) is 1.26. The second kappa shape index (κ2) is 8.25. The minimum Gasteiger partial charge on any atom is -0.497 e. The number of halogens is 1. The molecule has 0 aliphatic rings. The third kappa shape index (κ3) is 3.79.